The number of primary amides is 1. The summed E-state index contributed by atoms with van der Waals surface area (Å²) in [5.41, 5.74) is 6.62. The summed E-state index contributed by atoms with van der Waals surface area (Å²) in [7, 11) is 0. The fourth-order valence-corrected chi connectivity index (χ4v) is 3.77. The lowest BCUT2D eigenvalue weighted by Gasteiger charge is -2.40. The molecule has 0 bridgehead atoms. The maximum atomic E-state index is 12.1. The van der Waals surface area contributed by atoms with E-state index in [0.29, 0.717) is 25.7 Å². The number of benzene rings is 1. The molecule has 1 saturated carbocycles. The van der Waals surface area contributed by atoms with Crippen LogP contribution in [0.1, 0.15) is 44.1 Å². The summed E-state index contributed by atoms with van der Waals surface area (Å²) in [6.45, 7) is 0. The number of aliphatic hydroxyl groups excluding tert-OH is 1. The summed E-state index contributed by atoms with van der Waals surface area (Å²) in [6, 6.07) is 9.68. The third-order valence-electron chi connectivity index (χ3n) is 5.45. The van der Waals surface area contributed by atoms with Crippen LogP contribution in [0.15, 0.2) is 30.3 Å². The molecule has 0 aliphatic heterocycles. The molecule has 7 nitrogen and oxygen atoms in total. The lowest BCUT2D eigenvalue weighted by Crippen LogP contribution is -2.50. The maximum Gasteiger partial charge on any atom is 0.249 e. The van der Waals surface area contributed by atoms with Gasteiger partial charge in [0.2, 0.25) is 11.8 Å². The third-order valence-corrected chi connectivity index (χ3v) is 5.45. The molecule has 2 atom stereocenters. The summed E-state index contributed by atoms with van der Waals surface area (Å²) in [5, 5.41) is 30.3. The highest BCUT2D eigenvalue weighted by atomic mass is 16.5. The minimum absolute atomic E-state index is 0.0387. The number of hydrogen-bond donors (Lipinski definition) is 5. The fraction of sp³-hybridized carbons (Fsp3) is 0.579. The van der Waals surface area contributed by atoms with Crippen LogP contribution in [0.4, 0.5) is 0 Å². The molecule has 2 unspecified atom stereocenters. The first-order chi connectivity index (χ1) is 12.4. The number of aliphatic hydroxyl groups is 2. The Labute approximate surface area is 153 Å². The summed E-state index contributed by atoms with van der Waals surface area (Å²) < 4.78 is 0. The number of nitrogens with two attached hydrogens (primary N) is 1. The Kier molecular flexibility index (Phi) is 7.14. The molecule has 6 N–H and O–H groups in total. The van der Waals surface area contributed by atoms with Crippen LogP contribution in [-0.4, -0.2) is 38.9 Å². The lowest BCUT2D eigenvalue weighted by molar-refractivity contribution is -0.150. The van der Waals surface area contributed by atoms with E-state index in [1.54, 1.807) is 5.48 Å². The van der Waals surface area contributed by atoms with Gasteiger partial charge < -0.3 is 15.9 Å². The zero-order valence-corrected chi connectivity index (χ0v) is 14.8. The van der Waals surface area contributed by atoms with E-state index in [1.165, 1.54) is 0 Å². The average Bonchev–Trinajstić information content (AvgIpc) is 2.65. The highest BCUT2D eigenvalue weighted by molar-refractivity contribution is 5.79. The molecule has 0 radical (unpaired) electrons. The van der Waals surface area contributed by atoms with E-state index >= 15 is 0 Å². The van der Waals surface area contributed by atoms with E-state index in [0.717, 1.165) is 5.56 Å². The summed E-state index contributed by atoms with van der Waals surface area (Å²) in [4.78, 5) is 23.4. The van der Waals surface area contributed by atoms with Crippen molar-refractivity contribution in [2.75, 3.05) is 0 Å². The van der Waals surface area contributed by atoms with Crippen molar-refractivity contribution in [3.8, 4) is 0 Å². The number of aryl methyl sites for hydroxylation is 1. The zero-order chi connectivity index (χ0) is 19.2. The van der Waals surface area contributed by atoms with Crippen LogP contribution in [0.25, 0.3) is 0 Å². The van der Waals surface area contributed by atoms with Crippen molar-refractivity contribution in [3.63, 3.8) is 0 Å². The standard InChI is InChI=1S/C19H28N2O5/c20-17(23)14-8-10-19(25,11-9-14)16(18(24)21-26)12-15(22)7-6-13-4-2-1-3-5-13/h1-5,14-16,22,25-26H,6-12H2,(H2,20,23)(H,21,24). The highest BCUT2D eigenvalue weighted by Crippen LogP contribution is 2.39. The minimum Gasteiger partial charge on any atom is -0.393 e. The van der Waals surface area contributed by atoms with E-state index in [2.05, 4.69) is 0 Å². The first kappa shape index (κ1) is 20.4. The molecule has 1 aliphatic rings. The quantitative estimate of drug-likeness (QED) is 0.345. The van der Waals surface area contributed by atoms with Gasteiger partial charge in [0.1, 0.15) is 0 Å². The number of carbonyl (C=O) groups is 2. The van der Waals surface area contributed by atoms with Crippen molar-refractivity contribution in [2.24, 2.45) is 17.6 Å². The smallest absolute Gasteiger partial charge is 0.249 e. The maximum absolute atomic E-state index is 12.1. The number of hydroxylamine groups is 1. The topological polar surface area (TPSA) is 133 Å². The minimum atomic E-state index is -1.37. The van der Waals surface area contributed by atoms with E-state index in [9.17, 15) is 19.8 Å². The Bertz CT molecular complexity index is 599. The lowest BCUT2D eigenvalue weighted by atomic mass is 9.70. The summed E-state index contributed by atoms with van der Waals surface area (Å²) in [5.74, 6) is -2.38. The van der Waals surface area contributed by atoms with Crippen molar-refractivity contribution in [1.29, 1.82) is 0 Å². The van der Waals surface area contributed by atoms with Crippen molar-refractivity contribution >= 4 is 11.8 Å². The van der Waals surface area contributed by atoms with Crippen molar-refractivity contribution in [3.05, 3.63) is 35.9 Å². The van der Waals surface area contributed by atoms with Gasteiger partial charge in [-0.15, -0.1) is 0 Å². The van der Waals surface area contributed by atoms with Gasteiger partial charge >= 0.3 is 0 Å². The van der Waals surface area contributed by atoms with Crippen LogP contribution in [0.2, 0.25) is 0 Å². The van der Waals surface area contributed by atoms with Gasteiger partial charge in [-0.05, 0) is 50.5 Å². The molecule has 0 heterocycles. The number of carbonyl (C=O) groups excluding carboxylic acids is 2. The Balaban J connectivity index is 1.98. The predicted octanol–water partition coefficient (Wildman–Crippen LogP) is 0.898. The molecule has 0 aromatic heterocycles. The third kappa shape index (κ3) is 5.27. The first-order valence-corrected chi connectivity index (χ1v) is 9.03. The Morgan fingerprint density at radius 2 is 1.85 bits per heavy atom. The molecule has 1 fully saturated rings. The molecule has 2 rings (SSSR count). The second kappa shape index (κ2) is 9.12. The van der Waals surface area contributed by atoms with Gasteiger partial charge in [0.25, 0.3) is 0 Å². The number of nitrogens with one attached hydrogen (secondary N) is 1. The van der Waals surface area contributed by atoms with E-state index < -0.39 is 29.4 Å². The molecular weight excluding hydrogens is 336 g/mol. The van der Waals surface area contributed by atoms with E-state index in [1.807, 2.05) is 30.3 Å². The molecule has 1 aromatic rings. The van der Waals surface area contributed by atoms with Crippen LogP contribution in [-0.2, 0) is 16.0 Å². The number of hydrogen-bond acceptors (Lipinski definition) is 5. The first-order valence-electron chi connectivity index (χ1n) is 9.03. The van der Waals surface area contributed by atoms with Crippen LogP contribution < -0.4 is 11.2 Å². The van der Waals surface area contributed by atoms with Crippen LogP contribution in [0.5, 0.6) is 0 Å². The SMILES string of the molecule is NC(=O)C1CCC(O)(C(CC(O)CCc2ccccc2)C(=O)NO)CC1. The van der Waals surface area contributed by atoms with Gasteiger partial charge in [-0.2, -0.15) is 0 Å². The Morgan fingerprint density at radius 1 is 1.23 bits per heavy atom. The largest absolute Gasteiger partial charge is 0.393 e. The summed E-state index contributed by atoms with van der Waals surface area (Å²) >= 11 is 0. The van der Waals surface area contributed by atoms with E-state index in [4.69, 9.17) is 10.9 Å². The fourth-order valence-electron chi connectivity index (χ4n) is 3.77. The highest BCUT2D eigenvalue weighted by Gasteiger charge is 2.45. The molecule has 1 aliphatic carbocycles. The van der Waals surface area contributed by atoms with Crippen LogP contribution in [0, 0.1) is 11.8 Å². The van der Waals surface area contributed by atoms with Crippen molar-refractivity contribution < 1.29 is 25.0 Å². The Hall–Kier alpha value is -1.96. The van der Waals surface area contributed by atoms with Crippen LogP contribution >= 0.6 is 0 Å². The molecule has 0 saturated heterocycles. The summed E-state index contributed by atoms with van der Waals surface area (Å²) in [6.07, 6.45) is 1.57. The zero-order valence-electron chi connectivity index (χ0n) is 14.8. The van der Waals surface area contributed by atoms with Gasteiger partial charge in [-0.3, -0.25) is 14.8 Å². The molecule has 7 heteroatoms. The van der Waals surface area contributed by atoms with Crippen LogP contribution in [0.3, 0.4) is 0 Å². The molecule has 0 spiro atoms. The van der Waals surface area contributed by atoms with E-state index in [-0.39, 0.29) is 25.2 Å². The van der Waals surface area contributed by atoms with Gasteiger partial charge in [-0.25, -0.2) is 5.48 Å². The average molecular weight is 364 g/mol. The predicted molar refractivity (Wildman–Crippen MR) is 94.9 cm³/mol. The van der Waals surface area contributed by atoms with Crippen molar-refractivity contribution in [1.82, 2.24) is 5.48 Å². The van der Waals surface area contributed by atoms with Gasteiger partial charge in [-0.1, -0.05) is 30.3 Å². The second-order valence-electron chi connectivity index (χ2n) is 7.22. The Morgan fingerprint density at radius 3 is 2.38 bits per heavy atom. The number of rotatable bonds is 8. The molecule has 26 heavy (non-hydrogen) atoms. The molecular formula is C19H28N2O5. The molecule has 1 aromatic carbocycles. The number of amides is 2. The molecule has 144 valence electrons. The molecule has 2 amide bonds. The van der Waals surface area contributed by atoms with Gasteiger partial charge in [0.15, 0.2) is 0 Å². The van der Waals surface area contributed by atoms with Crippen molar-refractivity contribution in [2.45, 2.75) is 56.7 Å². The second-order valence-corrected chi connectivity index (χ2v) is 7.22. The monoisotopic (exact) mass is 364 g/mol. The van der Waals surface area contributed by atoms with Gasteiger partial charge in [0, 0.05) is 5.92 Å². The normalized spacial score (nSPS) is 25.3. The van der Waals surface area contributed by atoms with Gasteiger partial charge in [0.05, 0.1) is 17.6 Å².